The molecule has 106 valence electrons. The molecule has 0 spiro atoms. The average Bonchev–Trinajstić information content (AvgIpc) is 3.27. The van der Waals surface area contributed by atoms with Gasteiger partial charge in [0.15, 0.2) is 0 Å². The summed E-state index contributed by atoms with van der Waals surface area (Å²) in [5, 5.41) is 0. The van der Waals surface area contributed by atoms with E-state index in [2.05, 4.69) is 27.8 Å². The Hall–Kier alpha value is -1.35. The van der Waals surface area contributed by atoms with E-state index in [0.717, 1.165) is 12.1 Å². The molecule has 3 nitrogen and oxygen atoms in total. The molecule has 2 aliphatic carbocycles. The van der Waals surface area contributed by atoms with Crippen LogP contribution in [-0.2, 0) is 5.41 Å². The van der Waals surface area contributed by atoms with Crippen molar-refractivity contribution in [1.29, 1.82) is 0 Å². The van der Waals surface area contributed by atoms with Gasteiger partial charge >= 0.3 is 0 Å². The molecule has 1 aromatic carbocycles. The van der Waals surface area contributed by atoms with Crippen molar-refractivity contribution in [3.05, 3.63) is 30.1 Å². The molecule has 0 atom stereocenters. The predicted octanol–water partition coefficient (Wildman–Crippen LogP) is 3.53. The lowest BCUT2D eigenvalue weighted by atomic mass is 9.69. The lowest BCUT2D eigenvalue weighted by molar-refractivity contribution is 0.301. The minimum Gasteiger partial charge on any atom is -0.330 e. The molecule has 0 aliphatic heterocycles. The Kier molecular flexibility index (Phi) is 2.84. The van der Waals surface area contributed by atoms with E-state index in [1.54, 1.807) is 0 Å². The molecule has 0 unspecified atom stereocenters. The van der Waals surface area contributed by atoms with E-state index in [-0.39, 0.29) is 5.41 Å². The highest BCUT2D eigenvalue weighted by Crippen LogP contribution is 2.41. The summed E-state index contributed by atoms with van der Waals surface area (Å²) in [6.07, 6.45) is 11.1. The van der Waals surface area contributed by atoms with Crippen LogP contribution in [0.3, 0.4) is 0 Å². The van der Waals surface area contributed by atoms with Crippen LogP contribution in [0.5, 0.6) is 0 Å². The van der Waals surface area contributed by atoms with Crippen LogP contribution >= 0.6 is 0 Å². The van der Waals surface area contributed by atoms with Crippen LogP contribution in [0.25, 0.3) is 11.0 Å². The highest BCUT2D eigenvalue weighted by molar-refractivity contribution is 5.76. The summed E-state index contributed by atoms with van der Waals surface area (Å²) in [5.74, 6) is 0. The van der Waals surface area contributed by atoms with Gasteiger partial charge in [-0.3, -0.25) is 0 Å². The minimum atomic E-state index is 0.204. The fourth-order valence-corrected chi connectivity index (χ4v) is 3.84. The molecule has 0 amide bonds. The van der Waals surface area contributed by atoms with E-state index in [1.165, 1.54) is 56.0 Å². The zero-order valence-electron chi connectivity index (χ0n) is 12.0. The van der Waals surface area contributed by atoms with E-state index in [0.29, 0.717) is 6.04 Å². The van der Waals surface area contributed by atoms with Crippen molar-refractivity contribution in [2.45, 2.75) is 56.4 Å². The molecule has 4 rings (SSSR count). The molecular formula is C17H23N3. The molecule has 2 aromatic rings. The first kappa shape index (κ1) is 12.4. The molecule has 1 heterocycles. The van der Waals surface area contributed by atoms with E-state index in [4.69, 9.17) is 5.73 Å². The molecule has 2 N–H and O–H groups in total. The Morgan fingerprint density at radius 1 is 1.20 bits per heavy atom. The maximum atomic E-state index is 6.15. The predicted molar refractivity (Wildman–Crippen MR) is 81.8 cm³/mol. The number of imidazole rings is 1. The lowest BCUT2D eigenvalue weighted by Crippen LogP contribution is -2.37. The van der Waals surface area contributed by atoms with Gasteiger partial charge in [-0.05, 0) is 43.4 Å². The van der Waals surface area contributed by atoms with Crippen molar-refractivity contribution in [1.82, 2.24) is 9.55 Å². The fourth-order valence-electron chi connectivity index (χ4n) is 3.84. The number of rotatable bonds is 3. The van der Waals surface area contributed by atoms with Crippen LogP contribution in [0, 0.1) is 0 Å². The maximum Gasteiger partial charge on any atom is 0.0960 e. The number of benzene rings is 1. The second kappa shape index (κ2) is 4.59. The van der Waals surface area contributed by atoms with Gasteiger partial charge in [-0.25, -0.2) is 4.98 Å². The molecule has 3 heteroatoms. The van der Waals surface area contributed by atoms with Crippen molar-refractivity contribution in [3.63, 3.8) is 0 Å². The normalized spacial score (nSPS) is 22.2. The standard InChI is InChI=1S/C17H23N3/c18-11-17(8-2-1-3-9-17)13-4-7-16-15(10-13)19-12-20(16)14-5-6-14/h4,7,10,12,14H,1-3,5-6,8-9,11,18H2. The average molecular weight is 269 g/mol. The number of aromatic nitrogens is 2. The van der Waals surface area contributed by atoms with Gasteiger partial charge in [0.25, 0.3) is 0 Å². The number of hydrogen-bond acceptors (Lipinski definition) is 2. The van der Waals surface area contributed by atoms with E-state index in [1.807, 2.05) is 6.33 Å². The third kappa shape index (κ3) is 1.87. The largest absolute Gasteiger partial charge is 0.330 e. The molecule has 20 heavy (non-hydrogen) atoms. The number of hydrogen-bond donors (Lipinski definition) is 1. The monoisotopic (exact) mass is 269 g/mol. The van der Waals surface area contributed by atoms with E-state index in [9.17, 15) is 0 Å². The van der Waals surface area contributed by atoms with Crippen LogP contribution in [0.15, 0.2) is 24.5 Å². The first-order valence-electron chi connectivity index (χ1n) is 8.00. The molecule has 2 saturated carbocycles. The Balaban J connectivity index is 1.76. The van der Waals surface area contributed by atoms with Crippen molar-refractivity contribution in [2.75, 3.05) is 6.54 Å². The van der Waals surface area contributed by atoms with Gasteiger partial charge in [0.1, 0.15) is 0 Å². The van der Waals surface area contributed by atoms with Crippen molar-refractivity contribution >= 4 is 11.0 Å². The van der Waals surface area contributed by atoms with Crippen LogP contribution in [0.2, 0.25) is 0 Å². The van der Waals surface area contributed by atoms with Gasteiger partial charge < -0.3 is 10.3 Å². The van der Waals surface area contributed by atoms with Crippen LogP contribution in [0.1, 0.15) is 56.6 Å². The van der Waals surface area contributed by atoms with Gasteiger partial charge in [-0.2, -0.15) is 0 Å². The van der Waals surface area contributed by atoms with E-state index < -0.39 is 0 Å². The summed E-state index contributed by atoms with van der Waals surface area (Å²) in [6, 6.07) is 7.57. The highest BCUT2D eigenvalue weighted by Gasteiger charge is 2.33. The van der Waals surface area contributed by atoms with Gasteiger partial charge in [0.2, 0.25) is 0 Å². The quantitative estimate of drug-likeness (QED) is 0.926. The van der Waals surface area contributed by atoms with Crippen molar-refractivity contribution in [2.24, 2.45) is 5.73 Å². The minimum absolute atomic E-state index is 0.204. The second-order valence-electron chi connectivity index (χ2n) is 6.63. The summed E-state index contributed by atoms with van der Waals surface area (Å²) in [6.45, 7) is 0.766. The molecule has 0 bridgehead atoms. The summed E-state index contributed by atoms with van der Waals surface area (Å²) in [7, 11) is 0. The van der Waals surface area contributed by atoms with Gasteiger partial charge in [0, 0.05) is 18.0 Å². The van der Waals surface area contributed by atoms with Crippen LogP contribution in [0.4, 0.5) is 0 Å². The van der Waals surface area contributed by atoms with Crippen LogP contribution < -0.4 is 5.73 Å². The fraction of sp³-hybridized carbons (Fsp3) is 0.588. The second-order valence-corrected chi connectivity index (χ2v) is 6.63. The Bertz CT molecular complexity index is 618. The molecule has 2 fully saturated rings. The molecule has 1 aromatic heterocycles. The topological polar surface area (TPSA) is 43.8 Å². The first-order chi connectivity index (χ1) is 9.82. The zero-order chi connectivity index (χ0) is 13.6. The molecular weight excluding hydrogens is 246 g/mol. The highest BCUT2D eigenvalue weighted by atomic mass is 15.1. The zero-order valence-corrected chi connectivity index (χ0v) is 12.0. The maximum absolute atomic E-state index is 6.15. The summed E-state index contributed by atoms with van der Waals surface area (Å²) < 4.78 is 2.34. The van der Waals surface area contributed by atoms with Gasteiger partial charge in [-0.1, -0.05) is 25.3 Å². The lowest BCUT2D eigenvalue weighted by Gasteiger charge is -2.36. The third-order valence-corrected chi connectivity index (χ3v) is 5.33. The number of nitrogens with two attached hydrogens (primary N) is 1. The summed E-state index contributed by atoms with van der Waals surface area (Å²) in [4.78, 5) is 4.62. The molecule has 2 aliphatic rings. The third-order valence-electron chi connectivity index (χ3n) is 5.33. The van der Waals surface area contributed by atoms with Gasteiger partial charge in [-0.15, -0.1) is 0 Å². The summed E-state index contributed by atoms with van der Waals surface area (Å²) >= 11 is 0. The number of fused-ring (bicyclic) bond motifs is 1. The summed E-state index contributed by atoms with van der Waals surface area (Å²) in [5.41, 5.74) is 10.2. The Morgan fingerprint density at radius 3 is 2.70 bits per heavy atom. The first-order valence-corrected chi connectivity index (χ1v) is 8.00. The van der Waals surface area contributed by atoms with Crippen molar-refractivity contribution in [3.8, 4) is 0 Å². The Labute approximate surface area is 120 Å². The number of nitrogens with zero attached hydrogens (tertiary/aromatic N) is 2. The van der Waals surface area contributed by atoms with Crippen molar-refractivity contribution < 1.29 is 0 Å². The SMILES string of the molecule is NCC1(c2ccc3c(c2)ncn3C2CC2)CCCCC1. The van der Waals surface area contributed by atoms with Gasteiger partial charge in [0.05, 0.1) is 17.4 Å². The molecule has 0 saturated heterocycles. The molecule has 0 radical (unpaired) electrons. The Morgan fingerprint density at radius 2 is 2.00 bits per heavy atom. The smallest absolute Gasteiger partial charge is 0.0960 e. The van der Waals surface area contributed by atoms with E-state index >= 15 is 0 Å². The van der Waals surface area contributed by atoms with Crippen LogP contribution in [-0.4, -0.2) is 16.1 Å².